The number of nitrogens with one attached hydrogen (secondary N) is 1. The molecule has 34 heavy (non-hydrogen) atoms. The van der Waals surface area contributed by atoms with Crippen LogP contribution >= 0.6 is 11.8 Å². The second-order valence-electron chi connectivity index (χ2n) is 7.68. The van der Waals surface area contributed by atoms with E-state index in [0.29, 0.717) is 11.0 Å². The van der Waals surface area contributed by atoms with Crippen molar-refractivity contribution in [3.8, 4) is 22.6 Å². The van der Waals surface area contributed by atoms with Gasteiger partial charge >= 0.3 is 0 Å². The fraction of sp³-hybridized carbons (Fsp3) is 0.0769. The Morgan fingerprint density at radius 1 is 0.912 bits per heavy atom. The fourth-order valence-electron chi connectivity index (χ4n) is 3.50. The number of benzene rings is 3. The van der Waals surface area contributed by atoms with E-state index in [-0.39, 0.29) is 11.7 Å². The number of hydrogen-bond acceptors (Lipinski definition) is 5. The summed E-state index contributed by atoms with van der Waals surface area (Å²) in [4.78, 5) is 12.9. The molecule has 0 saturated heterocycles. The Kier molecular flexibility index (Phi) is 6.22. The Balaban J connectivity index is 1.36. The van der Waals surface area contributed by atoms with Gasteiger partial charge in [0.05, 0.1) is 17.1 Å². The Hall–Kier alpha value is -4.17. The molecule has 2 aromatic heterocycles. The van der Waals surface area contributed by atoms with E-state index in [1.165, 1.54) is 17.3 Å². The fourth-order valence-corrected chi connectivity index (χ4v) is 4.23. The van der Waals surface area contributed by atoms with Crippen LogP contribution in [0.2, 0.25) is 0 Å². The predicted octanol–water partition coefficient (Wildman–Crippen LogP) is 5.16. The number of carbonyl (C=O) groups excluding carboxylic acids is 1. The molecule has 0 saturated carbocycles. The molecule has 0 bridgehead atoms. The summed E-state index contributed by atoms with van der Waals surface area (Å²) < 4.78 is 3.62. The third-order valence-corrected chi connectivity index (χ3v) is 6.15. The third kappa shape index (κ3) is 4.77. The van der Waals surface area contributed by atoms with Gasteiger partial charge in [0.25, 0.3) is 0 Å². The van der Waals surface area contributed by atoms with Crippen molar-refractivity contribution >= 4 is 23.5 Å². The summed E-state index contributed by atoms with van der Waals surface area (Å²) in [6.07, 6.45) is 1.65. The normalized spacial score (nSPS) is 10.9. The number of amides is 1. The minimum atomic E-state index is -0.153. The zero-order valence-corrected chi connectivity index (χ0v) is 19.3. The zero-order valence-electron chi connectivity index (χ0n) is 18.5. The van der Waals surface area contributed by atoms with E-state index in [2.05, 4.69) is 27.6 Å². The molecule has 0 aliphatic carbocycles. The summed E-state index contributed by atoms with van der Waals surface area (Å²) in [7, 11) is 0. The van der Waals surface area contributed by atoms with Crippen LogP contribution in [-0.2, 0) is 4.79 Å². The minimum Gasteiger partial charge on any atom is -0.310 e. The van der Waals surface area contributed by atoms with E-state index in [9.17, 15) is 4.79 Å². The smallest absolute Gasteiger partial charge is 0.236 e. The average Bonchev–Trinajstić information content (AvgIpc) is 3.52. The molecular formula is C26H22N6OS. The van der Waals surface area contributed by atoms with E-state index in [0.717, 1.165) is 22.6 Å². The lowest BCUT2D eigenvalue weighted by atomic mass is 10.1. The van der Waals surface area contributed by atoms with Crippen LogP contribution in [0.3, 0.4) is 0 Å². The van der Waals surface area contributed by atoms with Crippen LogP contribution < -0.4 is 5.32 Å². The number of thioether (sulfide) groups is 1. The summed E-state index contributed by atoms with van der Waals surface area (Å²) in [5.74, 6) is 0.641. The van der Waals surface area contributed by atoms with Gasteiger partial charge in [-0.3, -0.25) is 9.36 Å². The van der Waals surface area contributed by atoms with Crippen molar-refractivity contribution < 1.29 is 4.79 Å². The number of aryl methyl sites for hydroxylation is 1. The van der Waals surface area contributed by atoms with Gasteiger partial charge in [-0.1, -0.05) is 78.0 Å². The molecule has 0 radical (unpaired) electrons. The predicted molar refractivity (Wildman–Crippen MR) is 134 cm³/mol. The van der Waals surface area contributed by atoms with E-state index in [1.807, 2.05) is 90.4 Å². The van der Waals surface area contributed by atoms with Crippen molar-refractivity contribution in [1.82, 2.24) is 24.5 Å². The van der Waals surface area contributed by atoms with E-state index in [4.69, 9.17) is 5.10 Å². The van der Waals surface area contributed by atoms with Crippen LogP contribution in [0.1, 0.15) is 5.56 Å². The number of carbonyl (C=O) groups is 1. The molecule has 1 N–H and O–H groups in total. The molecule has 0 fully saturated rings. The molecule has 0 aliphatic heterocycles. The zero-order chi connectivity index (χ0) is 23.3. The van der Waals surface area contributed by atoms with Gasteiger partial charge < -0.3 is 5.32 Å². The molecule has 168 valence electrons. The van der Waals surface area contributed by atoms with Gasteiger partial charge in [-0.15, -0.1) is 10.2 Å². The monoisotopic (exact) mass is 466 g/mol. The summed E-state index contributed by atoms with van der Waals surface area (Å²) in [6.45, 7) is 2.05. The molecule has 2 heterocycles. The molecule has 3 aromatic carbocycles. The van der Waals surface area contributed by atoms with Gasteiger partial charge in [0.2, 0.25) is 5.91 Å². The lowest BCUT2D eigenvalue weighted by molar-refractivity contribution is -0.113. The highest BCUT2D eigenvalue weighted by Gasteiger charge is 2.15. The first-order valence-corrected chi connectivity index (χ1v) is 11.8. The highest BCUT2D eigenvalue weighted by molar-refractivity contribution is 7.99. The molecule has 5 aromatic rings. The largest absolute Gasteiger partial charge is 0.310 e. The van der Waals surface area contributed by atoms with Crippen LogP contribution in [0.4, 0.5) is 5.82 Å². The number of anilines is 1. The molecule has 0 aliphatic rings. The van der Waals surface area contributed by atoms with Gasteiger partial charge in [0.15, 0.2) is 5.16 Å². The Morgan fingerprint density at radius 2 is 1.59 bits per heavy atom. The van der Waals surface area contributed by atoms with Crippen molar-refractivity contribution in [3.05, 3.63) is 103 Å². The molecule has 8 heteroatoms. The summed E-state index contributed by atoms with van der Waals surface area (Å²) in [5.41, 5.74) is 4.77. The van der Waals surface area contributed by atoms with Gasteiger partial charge in [-0.2, -0.15) is 5.10 Å². The maximum Gasteiger partial charge on any atom is 0.236 e. The number of nitrogens with zero attached hydrogens (tertiary/aromatic N) is 5. The number of rotatable bonds is 7. The van der Waals surface area contributed by atoms with Crippen LogP contribution in [0, 0.1) is 6.92 Å². The van der Waals surface area contributed by atoms with Crippen LogP contribution in [0.25, 0.3) is 22.6 Å². The van der Waals surface area contributed by atoms with Crippen molar-refractivity contribution in [2.75, 3.05) is 11.1 Å². The van der Waals surface area contributed by atoms with Crippen LogP contribution in [0.5, 0.6) is 0 Å². The van der Waals surface area contributed by atoms with Crippen molar-refractivity contribution in [1.29, 1.82) is 0 Å². The van der Waals surface area contributed by atoms with Crippen LogP contribution in [0.15, 0.2) is 102 Å². The SMILES string of the molecule is Cc1ccc(-c2cc(NC(=O)CSc3nncn3-c3ccccc3)n(-c3ccccc3)n2)cc1. The third-order valence-electron chi connectivity index (χ3n) is 5.21. The standard InChI is InChI=1S/C26H22N6OS/c1-19-12-14-20(15-13-19)23-16-24(32(30-23)22-10-6-3-7-11-22)28-25(33)17-34-26-29-27-18-31(26)21-8-4-2-5-9-21/h2-16,18H,17H2,1H3,(H,28,33). The first-order chi connectivity index (χ1) is 16.7. The maximum atomic E-state index is 12.9. The van der Waals surface area contributed by atoms with E-state index >= 15 is 0 Å². The molecule has 0 atom stereocenters. The molecule has 0 unspecified atom stereocenters. The van der Waals surface area contributed by atoms with Crippen molar-refractivity contribution in [3.63, 3.8) is 0 Å². The Morgan fingerprint density at radius 3 is 2.29 bits per heavy atom. The van der Waals surface area contributed by atoms with Gasteiger partial charge in [0.1, 0.15) is 12.1 Å². The van der Waals surface area contributed by atoms with Crippen LogP contribution in [-0.4, -0.2) is 36.2 Å². The average molecular weight is 467 g/mol. The van der Waals surface area contributed by atoms with Gasteiger partial charge in [-0.05, 0) is 31.2 Å². The topological polar surface area (TPSA) is 77.6 Å². The molecule has 5 rings (SSSR count). The molecule has 1 amide bonds. The maximum absolute atomic E-state index is 12.9. The minimum absolute atomic E-state index is 0.153. The second-order valence-corrected chi connectivity index (χ2v) is 8.63. The van der Waals surface area contributed by atoms with E-state index in [1.54, 1.807) is 11.0 Å². The Bertz CT molecular complexity index is 1390. The quantitative estimate of drug-likeness (QED) is 0.335. The molecule has 7 nitrogen and oxygen atoms in total. The summed E-state index contributed by atoms with van der Waals surface area (Å²) in [5, 5.41) is 16.6. The summed E-state index contributed by atoms with van der Waals surface area (Å²) >= 11 is 1.33. The number of para-hydroxylation sites is 2. The lowest BCUT2D eigenvalue weighted by Crippen LogP contribution is -2.17. The number of aromatic nitrogens is 5. The molecule has 0 spiro atoms. The Labute approximate surface area is 201 Å². The highest BCUT2D eigenvalue weighted by Crippen LogP contribution is 2.26. The summed E-state index contributed by atoms with van der Waals surface area (Å²) in [6, 6.07) is 29.6. The first kappa shape index (κ1) is 21.7. The first-order valence-electron chi connectivity index (χ1n) is 10.8. The highest BCUT2D eigenvalue weighted by atomic mass is 32.2. The van der Waals surface area contributed by atoms with Crippen molar-refractivity contribution in [2.45, 2.75) is 12.1 Å². The van der Waals surface area contributed by atoms with Gasteiger partial charge in [0, 0.05) is 17.3 Å². The number of hydrogen-bond donors (Lipinski definition) is 1. The lowest BCUT2D eigenvalue weighted by Gasteiger charge is -2.09. The molecular weight excluding hydrogens is 444 g/mol. The van der Waals surface area contributed by atoms with E-state index < -0.39 is 0 Å². The second kappa shape index (κ2) is 9.76. The van der Waals surface area contributed by atoms with Gasteiger partial charge in [-0.25, -0.2) is 4.68 Å². The van der Waals surface area contributed by atoms with Crippen molar-refractivity contribution in [2.24, 2.45) is 0 Å².